The number of nitrogens with zero attached hydrogens (tertiary/aromatic N) is 2. The van der Waals surface area contributed by atoms with Crippen LogP contribution in [0.2, 0.25) is 0 Å². The summed E-state index contributed by atoms with van der Waals surface area (Å²) in [5, 5.41) is 13.3. The van der Waals surface area contributed by atoms with Gasteiger partial charge in [-0.25, -0.2) is 0 Å². The number of carbonyl (C=O) groups excluding carboxylic acids is 2. The van der Waals surface area contributed by atoms with Gasteiger partial charge >= 0.3 is 0 Å². The van der Waals surface area contributed by atoms with E-state index >= 15 is 0 Å². The molecule has 116 valence electrons. The van der Waals surface area contributed by atoms with Crippen LogP contribution in [0.1, 0.15) is 29.8 Å². The number of benzene rings is 1. The van der Waals surface area contributed by atoms with Crippen molar-refractivity contribution in [1.29, 1.82) is 0 Å². The molecule has 0 saturated heterocycles. The Bertz CT molecular complexity index is 655. The molecule has 0 radical (unpaired) electrons. The van der Waals surface area contributed by atoms with Crippen LogP contribution in [0, 0.1) is 12.8 Å². The van der Waals surface area contributed by atoms with Gasteiger partial charge in [-0.3, -0.25) is 14.9 Å². The van der Waals surface area contributed by atoms with Crippen LogP contribution in [0.5, 0.6) is 0 Å². The van der Waals surface area contributed by atoms with Crippen molar-refractivity contribution < 1.29 is 9.59 Å². The zero-order chi connectivity index (χ0) is 16.1. The normalized spacial score (nSPS) is 12.0. The zero-order valence-corrected chi connectivity index (χ0v) is 13.5. The van der Waals surface area contributed by atoms with Crippen molar-refractivity contribution in [3.05, 3.63) is 40.9 Å². The average molecular weight is 318 g/mol. The number of hydrogen-bond acceptors (Lipinski definition) is 5. The standard InChI is InChI=1S/C15H18N4O2S/c1-9(2)12(14(21)18-15-19-16-8-22-15)17-13(20)11-7-5-4-6-10(11)3/h4-9,12H,1-3H3,(H,17,20)(H,18,19,21). The minimum atomic E-state index is -0.643. The molecular formula is C15H18N4O2S. The summed E-state index contributed by atoms with van der Waals surface area (Å²) in [7, 11) is 0. The molecule has 2 rings (SSSR count). The molecule has 0 spiro atoms. The largest absolute Gasteiger partial charge is 0.340 e. The summed E-state index contributed by atoms with van der Waals surface area (Å²) in [6.07, 6.45) is 0. The van der Waals surface area contributed by atoms with Gasteiger partial charge in [0.05, 0.1) is 0 Å². The Morgan fingerprint density at radius 3 is 2.55 bits per heavy atom. The van der Waals surface area contributed by atoms with Crippen molar-refractivity contribution in [1.82, 2.24) is 15.5 Å². The van der Waals surface area contributed by atoms with Crippen LogP contribution in [0.4, 0.5) is 5.13 Å². The van der Waals surface area contributed by atoms with Gasteiger partial charge in [0.15, 0.2) is 0 Å². The van der Waals surface area contributed by atoms with Crippen molar-refractivity contribution in [2.45, 2.75) is 26.8 Å². The van der Waals surface area contributed by atoms with Crippen molar-refractivity contribution in [3.8, 4) is 0 Å². The summed E-state index contributed by atoms with van der Waals surface area (Å²) in [5.74, 6) is -0.612. The second kappa shape index (κ2) is 7.13. The number of rotatable bonds is 5. The van der Waals surface area contributed by atoms with Gasteiger partial charge < -0.3 is 5.32 Å². The lowest BCUT2D eigenvalue weighted by Gasteiger charge is -2.21. The van der Waals surface area contributed by atoms with Gasteiger partial charge in [0.25, 0.3) is 5.91 Å². The van der Waals surface area contributed by atoms with E-state index in [-0.39, 0.29) is 17.7 Å². The lowest BCUT2D eigenvalue weighted by molar-refractivity contribution is -0.118. The van der Waals surface area contributed by atoms with Crippen LogP contribution in [0.25, 0.3) is 0 Å². The highest BCUT2D eigenvalue weighted by Crippen LogP contribution is 2.13. The number of aryl methyl sites for hydroxylation is 1. The van der Waals surface area contributed by atoms with E-state index in [1.807, 2.05) is 32.9 Å². The molecule has 0 aliphatic carbocycles. The van der Waals surface area contributed by atoms with Gasteiger partial charge in [0.1, 0.15) is 11.6 Å². The maximum absolute atomic E-state index is 12.4. The Kier molecular flexibility index (Phi) is 5.21. The first-order chi connectivity index (χ1) is 10.5. The highest BCUT2D eigenvalue weighted by atomic mass is 32.1. The predicted octanol–water partition coefficient (Wildman–Crippen LogP) is 2.24. The molecule has 1 aromatic carbocycles. The molecule has 0 saturated carbocycles. The average Bonchev–Trinajstić information content (AvgIpc) is 2.97. The first-order valence-electron chi connectivity index (χ1n) is 6.92. The summed E-state index contributed by atoms with van der Waals surface area (Å²) in [6, 6.07) is 6.63. The van der Waals surface area contributed by atoms with E-state index in [1.165, 1.54) is 16.8 Å². The van der Waals surface area contributed by atoms with Gasteiger partial charge in [-0.15, -0.1) is 10.2 Å². The molecule has 22 heavy (non-hydrogen) atoms. The quantitative estimate of drug-likeness (QED) is 0.885. The van der Waals surface area contributed by atoms with Gasteiger partial charge in [-0.05, 0) is 24.5 Å². The third kappa shape index (κ3) is 3.88. The van der Waals surface area contributed by atoms with Gasteiger partial charge in [0.2, 0.25) is 11.0 Å². The Labute approximate surface area is 133 Å². The van der Waals surface area contributed by atoms with Gasteiger partial charge in [0, 0.05) is 5.56 Å². The number of carbonyl (C=O) groups is 2. The second-order valence-corrected chi connectivity index (χ2v) is 6.08. The summed E-state index contributed by atoms with van der Waals surface area (Å²) in [4.78, 5) is 24.7. The predicted molar refractivity (Wildman–Crippen MR) is 85.8 cm³/mol. The van der Waals surface area contributed by atoms with Crippen molar-refractivity contribution in [2.24, 2.45) is 5.92 Å². The van der Waals surface area contributed by atoms with Crippen molar-refractivity contribution in [3.63, 3.8) is 0 Å². The van der Waals surface area contributed by atoms with Crippen molar-refractivity contribution in [2.75, 3.05) is 5.32 Å². The molecule has 0 fully saturated rings. The number of amides is 2. The van der Waals surface area contributed by atoms with Crippen LogP contribution >= 0.6 is 11.3 Å². The molecule has 0 aliphatic rings. The molecule has 2 aromatic rings. The molecule has 7 heteroatoms. The van der Waals surface area contributed by atoms with E-state index in [9.17, 15) is 9.59 Å². The lowest BCUT2D eigenvalue weighted by atomic mass is 10.0. The molecule has 1 heterocycles. The fraction of sp³-hybridized carbons (Fsp3) is 0.333. The molecule has 0 aliphatic heterocycles. The fourth-order valence-electron chi connectivity index (χ4n) is 1.99. The van der Waals surface area contributed by atoms with Gasteiger partial charge in [-0.1, -0.05) is 43.4 Å². The SMILES string of the molecule is Cc1ccccc1C(=O)NC(C(=O)Nc1nncs1)C(C)C. The van der Waals surface area contributed by atoms with E-state index in [2.05, 4.69) is 20.8 Å². The number of nitrogens with one attached hydrogen (secondary N) is 2. The molecule has 2 amide bonds. The van der Waals surface area contributed by atoms with Crippen LogP contribution in [0.15, 0.2) is 29.8 Å². The minimum absolute atomic E-state index is 0.0547. The first-order valence-corrected chi connectivity index (χ1v) is 7.80. The third-order valence-corrected chi connectivity index (χ3v) is 3.82. The smallest absolute Gasteiger partial charge is 0.252 e. The molecule has 2 N–H and O–H groups in total. The second-order valence-electron chi connectivity index (χ2n) is 5.24. The third-order valence-electron chi connectivity index (χ3n) is 3.22. The summed E-state index contributed by atoms with van der Waals surface area (Å²) in [5.41, 5.74) is 2.97. The van der Waals surface area contributed by atoms with E-state index in [4.69, 9.17) is 0 Å². The van der Waals surface area contributed by atoms with E-state index in [0.717, 1.165) is 5.56 Å². The van der Waals surface area contributed by atoms with Crippen LogP contribution in [0.3, 0.4) is 0 Å². The van der Waals surface area contributed by atoms with Crippen molar-refractivity contribution >= 4 is 28.3 Å². The summed E-state index contributed by atoms with van der Waals surface area (Å²) in [6.45, 7) is 5.62. The van der Waals surface area contributed by atoms with Crippen LogP contribution in [-0.4, -0.2) is 28.1 Å². The number of aromatic nitrogens is 2. The summed E-state index contributed by atoms with van der Waals surface area (Å²) < 4.78 is 0. The van der Waals surface area contributed by atoms with Crippen LogP contribution in [-0.2, 0) is 4.79 Å². The fourth-order valence-corrected chi connectivity index (χ4v) is 2.44. The molecule has 6 nitrogen and oxygen atoms in total. The van der Waals surface area contributed by atoms with E-state index in [1.54, 1.807) is 12.1 Å². The monoisotopic (exact) mass is 318 g/mol. The first kappa shape index (κ1) is 16.1. The number of anilines is 1. The molecule has 1 unspecified atom stereocenters. The molecular weight excluding hydrogens is 300 g/mol. The lowest BCUT2D eigenvalue weighted by Crippen LogP contribution is -2.47. The topological polar surface area (TPSA) is 84.0 Å². The molecule has 0 bridgehead atoms. The van der Waals surface area contributed by atoms with Crippen LogP contribution < -0.4 is 10.6 Å². The summed E-state index contributed by atoms with van der Waals surface area (Å²) >= 11 is 1.23. The van der Waals surface area contributed by atoms with E-state index in [0.29, 0.717) is 10.7 Å². The Morgan fingerprint density at radius 1 is 1.23 bits per heavy atom. The zero-order valence-electron chi connectivity index (χ0n) is 12.7. The molecule has 1 atom stereocenters. The van der Waals surface area contributed by atoms with Gasteiger partial charge in [-0.2, -0.15) is 0 Å². The Balaban J connectivity index is 2.10. The number of hydrogen-bond donors (Lipinski definition) is 2. The highest BCUT2D eigenvalue weighted by Gasteiger charge is 2.25. The van der Waals surface area contributed by atoms with E-state index < -0.39 is 6.04 Å². The highest BCUT2D eigenvalue weighted by molar-refractivity contribution is 7.13. The maximum atomic E-state index is 12.4. The maximum Gasteiger partial charge on any atom is 0.252 e. The Morgan fingerprint density at radius 2 is 1.95 bits per heavy atom. The minimum Gasteiger partial charge on any atom is -0.340 e. The molecule has 1 aromatic heterocycles. The Hall–Kier alpha value is -2.28.